The zero-order valence-electron chi connectivity index (χ0n) is 40.8. The van der Waals surface area contributed by atoms with E-state index >= 15 is 0 Å². The third-order valence-corrected chi connectivity index (χ3v) is 14.5. The molecule has 3 unspecified atom stereocenters. The van der Waals surface area contributed by atoms with E-state index in [1.54, 1.807) is 0 Å². The monoisotopic (exact) mass is 1170 g/mol. The van der Waals surface area contributed by atoms with Gasteiger partial charge < -0.3 is 48.6 Å². The summed E-state index contributed by atoms with van der Waals surface area (Å²) >= 11 is 14.5. The molecule has 0 rings (SSSR count). The van der Waals surface area contributed by atoms with Gasteiger partial charge in [-0.15, -0.1) is 0 Å². The Balaban J connectivity index is -0.0000000528. The maximum absolute atomic E-state index is 10.6. The maximum Gasteiger partial charge on any atom is 0.477 e. The normalized spacial score (nSPS) is 11.2. The molecular weight excluding hydrogens is 1060 g/mol. The van der Waals surface area contributed by atoms with Crippen LogP contribution in [0.3, 0.4) is 0 Å². The fourth-order valence-corrected chi connectivity index (χ4v) is 8.12. The largest absolute Gasteiger partial charge is 0.481 e. The molecule has 0 spiro atoms. The summed E-state index contributed by atoms with van der Waals surface area (Å²) in [7, 11) is 1.85. The molecule has 0 aromatic carbocycles. The Bertz CT molecular complexity index is 1330. The number of hydrogen-bond acceptors (Lipinski definition) is 19. The first-order chi connectivity index (χ1) is 31.0. The van der Waals surface area contributed by atoms with Crippen LogP contribution < -0.4 is 16.4 Å². The molecule has 0 aliphatic rings. The third kappa shape index (κ3) is 96.7. The number of aliphatic carboxylic acids is 1. The van der Waals surface area contributed by atoms with Gasteiger partial charge >= 0.3 is 20.6 Å². The number of amides is 2. The van der Waals surface area contributed by atoms with Gasteiger partial charge in [0.05, 0.1) is 89.9 Å². The number of thiol groups is 1. The first kappa shape index (κ1) is 108. The first-order valence-corrected chi connectivity index (χ1v) is 29.7. The topological polar surface area (TPSA) is 276 Å². The summed E-state index contributed by atoms with van der Waals surface area (Å²) in [5.74, 6) is -0.823. The van der Waals surface area contributed by atoms with E-state index in [1.165, 1.54) is 35.2 Å². The fraction of sp³-hybridized carbons (Fsp3) is 0.875. The Kier molecular flexibility index (Phi) is 124. The van der Waals surface area contributed by atoms with Crippen molar-refractivity contribution >= 4 is 74.2 Å². The van der Waals surface area contributed by atoms with Crippen LogP contribution in [0, 0.1) is 34.0 Å². The number of carbonyl (C=O) groups is 3. The van der Waals surface area contributed by atoms with Crippen molar-refractivity contribution in [2.24, 2.45) is 5.73 Å². The van der Waals surface area contributed by atoms with E-state index in [0.717, 1.165) is 97.1 Å². The summed E-state index contributed by atoms with van der Waals surface area (Å²) in [6.07, 6.45) is 12.7. The highest BCUT2D eigenvalue weighted by atomic mass is 32.7. The van der Waals surface area contributed by atoms with E-state index in [1.807, 2.05) is 45.9 Å². The lowest BCUT2D eigenvalue weighted by Crippen LogP contribution is -2.20. The second kappa shape index (κ2) is 84.5. The number of carbonyl (C=O) groups excluding carboxylic acids is 2. The highest BCUT2D eigenvalue weighted by Crippen LogP contribution is 2.66. The summed E-state index contributed by atoms with van der Waals surface area (Å²) in [5, 5.41) is 38.2. The van der Waals surface area contributed by atoms with Gasteiger partial charge in [0.2, 0.25) is 11.8 Å². The second-order valence-corrected chi connectivity index (χ2v) is 21.7. The van der Waals surface area contributed by atoms with Gasteiger partial charge in [-0.05, 0) is 68.7 Å². The molecule has 5 N–H and O–H groups in total. The van der Waals surface area contributed by atoms with Gasteiger partial charge in [0.1, 0.15) is 6.61 Å². The number of nitriles is 3. The molecule has 0 aliphatic heterocycles. The Morgan fingerprint density at radius 3 is 1.10 bits per heavy atom. The highest BCUT2D eigenvalue weighted by molar-refractivity contribution is 8.47. The van der Waals surface area contributed by atoms with E-state index < -0.39 is 26.6 Å². The van der Waals surface area contributed by atoms with Crippen LogP contribution in [0.5, 0.6) is 0 Å². The quantitative estimate of drug-likeness (QED) is 0.0224. The van der Waals surface area contributed by atoms with Crippen LogP contribution in [-0.4, -0.2) is 103 Å². The molecule has 25 heteroatoms. The molecular formula is C48H116N6O13P3S3+. The number of carboxylic acid groups (broad SMARTS) is 1. The Morgan fingerprint density at radius 2 is 0.808 bits per heavy atom. The lowest BCUT2D eigenvalue weighted by Gasteiger charge is -2.19. The minimum atomic E-state index is -2.68. The molecule has 19 nitrogen and oxygen atoms in total. The number of nitrogens with one attached hydrogen (secondary N) is 2. The number of carboxylic acids is 1. The third-order valence-electron chi connectivity index (χ3n) is 6.81. The second-order valence-electron chi connectivity index (χ2n) is 12.2. The van der Waals surface area contributed by atoms with Crippen molar-refractivity contribution in [2.45, 2.75) is 204 Å². The average Bonchev–Trinajstić information content (AvgIpc) is 3.28. The molecule has 0 heterocycles. The minimum Gasteiger partial charge on any atom is -0.481 e. The molecule has 0 bridgehead atoms. The van der Waals surface area contributed by atoms with Gasteiger partial charge in [-0.1, -0.05) is 126 Å². The zero-order valence-corrected chi connectivity index (χ0v) is 46.1. The van der Waals surface area contributed by atoms with Gasteiger partial charge in [-0.3, -0.25) is 14.4 Å². The van der Waals surface area contributed by atoms with Gasteiger partial charge in [-0.25, -0.2) is 0 Å². The lowest BCUT2D eigenvalue weighted by molar-refractivity contribution is -0.134. The van der Waals surface area contributed by atoms with E-state index in [0.29, 0.717) is 32.8 Å². The SMILES string of the molecule is C.C.C.C.C.C.C.C.CC.CC.CC(=O)O.COP(=S)(OCCC#N)OCCCCCCN.COP(=S)(OCCC#N)OCCCCCCNC(C)=O.CO[P+](S)(OCCC#N)OCCCCCCNC(C)=O. The van der Waals surface area contributed by atoms with Crippen LogP contribution in [0.2, 0.25) is 0 Å². The molecule has 0 aliphatic carbocycles. The van der Waals surface area contributed by atoms with Gasteiger partial charge in [0.15, 0.2) is 0 Å². The van der Waals surface area contributed by atoms with Crippen LogP contribution in [0.15, 0.2) is 0 Å². The maximum atomic E-state index is 10.6. The number of nitrogens with two attached hydrogens (primary N) is 1. The first-order valence-electron chi connectivity index (χ1n) is 21.8. The molecule has 2 amide bonds. The molecule has 0 fully saturated rings. The van der Waals surface area contributed by atoms with Crippen molar-refractivity contribution in [3.63, 3.8) is 0 Å². The van der Waals surface area contributed by atoms with E-state index in [9.17, 15) is 9.59 Å². The van der Waals surface area contributed by atoms with Gasteiger partial charge in [-0.2, -0.15) is 29.4 Å². The molecule has 0 aromatic heterocycles. The number of rotatable bonds is 35. The fourth-order valence-electron chi connectivity index (χ4n) is 3.86. The van der Waals surface area contributed by atoms with Crippen molar-refractivity contribution in [3.8, 4) is 18.2 Å². The minimum absolute atomic E-state index is 0. The predicted octanol–water partition coefficient (Wildman–Crippen LogP) is 14.9. The number of unbranched alkanes of at least 4 members (excludes halogenated alkanes) is 9. The highest BCUT2D eigenvalue weighted by Gasteiger charge is 2.40. The summed E-state index contributed by atoms with van der Waals surface area (Å²) < 4.78 is 47.7. The Labute approximate surface area is 467 Å². The molecule has 448 valence electrons. The standard InChI is InChI=1S/2C12H23N2O4PS.C10H21N2O3PS.C2H4O2.2C2H6.8CH4/c2*1-12(15)14-9-5-3-4-6-10-17-19(20,16-2)18-11-7-8-13;1-13-16(17,15-10-6-8-12)14-9-5-3-2-4-7-11;1-2(3)4;2*1-2;;;;;;;;/h3-7,9-11H2,1-2H3,(H,14,15);20H,3-7,9-11H2,1-2H3;2-7,9-11H2,1H3;1H3,(H,3,4);2*1-2H3;8*1H4/p+1. The Morgan fingerprint density at radius 1 is 0.534 bits per heavy atom. The molecule has 0 aromatic rings. The van der Waals surface area contributed by atoms with Crippen molar-refractivity contribution in [2.75, 3.05) is 80.6 Å². The average molecular weight is 1170 g/mol. The number of nitrogens with zero attached hydrogens (tertiary/aromatic N) is 3. The molecule has 73 heavy (non-hydrogen) atoms. The molecule has 0 radical (unpaired) electrons. The van der Waals surface area contributed by atoms with Crippen LogP contribution in [-0.2, 0) is 78.7 Å². The molecule has 0 saturated carbocycles. The van der Waals surface area contributed by atoms with Crippen LogP contribution in [0.1, 0.15) is 204 Å². The summed E-state index contributed by atoms with van der Waals surface area (Å²) in [6, 6.07) is 5.94. The van der Waals surface area contributed by atoms with Crippen molar-refractivity contribution in [1.82, 2.24) is 10.6 Å². The summed E-state index contributed by atoms with van der Waals surface area (Å²) in [6.45, 7) is 11.2. The van der Waals surface area contributed by atoms with E-state index in [2.05, 4.69) is 22.9 Å². The van der Waals surface area contributed by atoms with Crippen LogP contribution >= 0.6 is 32.8 Å². The molecule has 0 saturated heterocycles. The summed E-state index contributed by atoms with van der Waals surface area (Å²) in [5.41, 5.74) is 5.39. The van der Waals surface area contributed by atoms with Crippen molar-refractivity contribution in [1.29, 1.82) is 15.8 Å². The van der Waals surface area contributed by atoms with E-state index in [4.69, 9.17) is 95.7 Å². The smallest absolute Gasteiger partial charge is 0.477 e. The van der Waals surface area contributed by atoms with Crippen molar-refractivity contribution in [3.05, 3.63) is 0 Å². The van der Waals surface area contributed by atoms with Gasteiger partial charge in [0.25, 0.3) is 5.97 Å². The van der Waals surface area contributed by atoms with Crippen LogP contribution in [0.4, 0.5) is 0 Å². The Hall–Kier alpha value is -1.44. The molecule has 3 atom stereocenters. The lowest BCUT2D eigenvalue weighted by atomic mass is 10.2. The van der Waals surface area contributed by atoms with Crippen LogP contribution in [0.25, 0.3) is 0 Å². The number of hydrogen-bond donors (Lipinski definition) is 5. The summed E-state index contributed by atoms with van der Waals surface area (Å²) in [4.78, 5) is 30.3. The van der Waals surface area contributed by atoms with Crippen molar-refractivity contribution < 1.29 is 60.2 Å². The van der Waals surface area contributed by atoms with E-state index in [-0.39, 0.29) is 104 Å². The zero-order chi connectivity index (χ0) is 51.1. The predicted molar refractivity (Wildman–Crippen MR) is 324 cm³/mol. The van der Waals surface area contributed by atoms with Gasteiger partial charge in [0, 0.05) is 48.1 Å².